The molecule has 0 aliphatic rings. The lowest BCUT2D eigenvalue weighted by atomic mass is 10.0. The van der Waals surface area contributed by atoms with Crippen molar-refractivity contribution in [1.29, 1.82) is 0 Å². The van der Waals surface area contributed by atoms with Gasteiger partial charge in [-0.2, -0.15) is 8.78 Å². The Balaban J connectivity index is 2.68. The summed E-state index contributed by atoms with van der Waals surface area (Å²) in [6, 6.07) is 6.52. The molecule has 0 atom stereocenters. The molecule has 21 heavy (non-hydrogen) atoms. The van der Waals surface area contributed by atoms with Gasteiger partial charge >= 0.3 is 6.61 Å². The van der Waals surface area contributed by atoms with Crippen molar-refractivity contribution in [3.63, 3.8) is 0 Å². The molecule has 110 valence electrons. The van der Waals surface area contributed by atoms with E-state index in [1.165, 1.54) is 30.3 Å². The number of hydrogen-bond donors (Lipinski definition) is 1. The average molecular weight is 333 g/mol. The molecule has 3 nitrogen and oxygen atoms in total. The highest BCUT2D eigenvalue weighted by Gasteiger charge is 2.17. The monoisotopic (exact) mass is 332 g/mol. The number of phenols is 1. The maximum absolute atomic E-state index is 12.4. The van der Waals surface area contributed by atoms with E-state index in [1.54, 1.807) is 0 Å². The van der Waals surface area contributed by atoms with Crippen molar-refractivity contribution in [3.05, 3.63) is 45.9 Å². The quantitative estimate of drug-likeness (QED) is 0.819. The second-order valence-electron chi connectivity index (χ2n) is 4.03. The van der Waals surface area contributed by atoms with E-state index < -0.39 is 12.4 Å². The van der Waals surface area contributed by atoms with Gasteiger partial charge in [0.2, 0.25) is 0 Å². The minimum Gasteiger partial charge on any atom is -0.507 e. The van der Waals surface area contributed by atoms with Gasteiger partial charge in [-0.3, -0.25) is 4.79 Å². The molecule has 0 amide bonds. The first-order valence-corrected chi connectivity index (χ1v) is 6.40. The molecular formula is C14H8Cl2F2O3. The smallest absolute Gasteiger partial charge is 0.387 e. The normalized spacial score (nSPS) is 10.7. The maximum Gasteiger partial charge on any atom is 0.387 e. The fourth-order valence-corrected chi connectivity index (χ4v) is 2.23. The van der Waals surface area contributed by atoms with Gasteiger partial charge in [0.15, 0.2) is 6.29 Å². The summed E-state index contributed by atoms with van der Waals surface area (Å²) in [6.45, 7) is -3.04. The highest BCUT2D eigenvalue weighted by molar-refractivity contribution is 6.32. The van der Waals surface area contributed by atoms with Gasteiger partial charge in [-0.1, -0.05) is 23.2 Å². The van der Waals surface area contributed by atoms with Crippen LogP contribution in [0.1, 0.15) is 10.4 Å². The van der Waals surface area contributed by atoms with E-state index in [9.17, 15) is 18.7 Å². The zero-order valence-electron chi connectivity index (χ0n) is 10.3. The van der Waals surface area contributed by atoms with Gasteiger partial charge in [0.05, 0.1) is 5.56 Å². The van der Waals surface area contributed by atoms with Gasteiger partial charge in [-0.15, -0.1) is 0 Å². The van der Waals surface area contributed by atoms with Crippen molar-refractivity contribution in [2.75, 3.05) is 0 Å². The highest BCUT2D eigenvalue weighted by Crippen LogP contribution is 2.41. The highest BCUT2D eigenvalue weighted by atomic mass is 35.5. The minimum atomic E-state index is -3.04. The second kappa shape index (κ2) is 6.28. The first-order chi connectivity index (χ1) is 9.92. The van der Waals surface area contributed by atoms with Crippen LogP contribution in [0.4, 0.5) is 8.78 Å². The number of halogens is 4. The third-order valence-corrected chi connectivity index (χ3v) is 3.13. The van der Waals surface area contributed by atoms with Crippen LogP contribution in [0.3, 0.4) is 0 Å². The summed E-state index contributed by atoms with van der Waals surface area (Å²) in [4.78, 5) is 10.9. The molecule has 0 unspecified atom stereocenters. The number of hydrogen-bond acceptors (Lipinski definition) is 3. The van der Waals surface area contributed by atoms with E-state index in [0.717, 1.165) is 0 Å². The molecule has 7 heteroatoms. The summed E-state index contributed by atoms with van der Waals surface area (Å²) >= 11 is 11.7. The van der Waals surface area contributed by atoms with E-state index in [-0.39, 0.29) is 32.5 Å². The van der Waals surface area contributed by atoms with Crippen molar-refractivity contribution < 1.29 is 23.4 Å². The first kappa shape index (κ1) is 15.5. The second-order valence-corrected chi connectivity index (χ2v) is 4.90. The number of carbonyl (C=O) groups excluding carboxylic acids is 1. The summed E-state index contributed by atoms with van der Waals surface area (Å²) in [5.41, 5.74) is 0.106. The van der Waals surface area contributed by atoms with Crippen molar-refractivity contribution in [1.82, 2.24) is 0 Å². The Morgan fingerprint density at radius 1 is 1.10 bits per heavy atom. The molecule has 2 aromatic rings. The Morgan fingerprint density at radius 3 is 2.38 bits per heavy atom. The molecule has 0 fully saturated rings. The molecule has 0 heterocycles. The van der Waals surface area contributed by atoms with Gasteiger partial charge in [-0.25, -0.2) is 0 Å². The molecule has 0 aromatic heterocycles. The van der Waals surface area contributed by atoms with Gasteiger partial charge in [0.1, 0.15) is 11.5 Å². The Kier molecular flexibility index (Phi) is 4.65. The van der Waals surface area contributed by atoms with E-state index in [4.69, 9.17) is 23.2 Å². The third kappa shape index (κ3) is 3.43. The number of phenolic OH excluding ortho intramolecular Hbond substituents is 1. The van der Waals surface area contributed by atoms with Crippen LogP contribution in [-0.4, -0.2) is 18.0 Å². The predicted octanol–water partition coefficient (Wildman–Crippen LogP) is 4.78. The number of carbonyl (C=O) groups is 1. The topological polar surface area (TPSA) is 46.5 Å². The number of ether oxygens (including phenoxy) is 1. The first-order valence-electron chi connectivity index (χ1n) is 5.64. The molecule has 0 radical (unpaired) electrons. The Labute approximate surface area is 128 Å². The van der Waals surface area contributed by atoms with Crippen molar-refractivity contribution in [2.24, 2.45) is 0 Å². The Bertz CT molecular complexity index is 690. The molecule has 0 saturated carbocycles. The Morgan fingerprint density at radius 2 is 1.76 bits per heavy atom. The van der Waals surface area contributed by atoms with E-state index in [1.807, 2.05) is 0 Å². The van der Waals surface area contributed by atoms with Gasteiger partial charge in [0.25, 0.3) is 0 Å². The largest absolute Gasteiger partial charge is 0.507 e. The fraction of sp³-hybridized carbons (Fsp3) is 0.0714. The summed E-state index contributed by atoms with van der Waals surface area (Å²) in [7, 11) is 0. The average Bonchev–Trinajstić information content (AvgIpc) is 2.42. The lowest BCUT2D eigenvalue weighted by molar-refractivity contribution is -0.0494. The number of benzene rings is 2. The number of rotatable bonds is 4. The molecule has 2 aromatic carbocycles. The zero-order valence-corrected chi connectivity index (χ0v) is 11.8. The number of alkyl halides is 2. The molecule has 0 spiro atoms. The molecule has 0 aliphatic carbocycles. The van der Waals surface area contributed by atoms with Crippen LogP contribution in [-0.2, 0) is 0 Å². The van der Waals surface area contributed by atoms with E-state index >= 15 is 0 Å². The van der Waals surface area contributed by atoms with Crippen LogP contribution in [0.15, 0.2) is 30.3 Å². The van der Waals surface area contributed by atoms with Crippen LogP contribution < -0.4 is 4.74 Å². The molecular weight excluding hydrogens is 325 g/mol. The fourth-order valence-electron chi connectivity index (χ4n) is 1.83. The van der Waals surface area contributed by atoms with Gasteiger partial charge in [0, 0.05) is 21.2 Å². The van der Waals surface area contributed by atoms with Crippen molar-refractivity contribution in [3.8, 4) is 22.6 Å². The minimum absolute atomic E-state index is 0.0690. The summed E-state index contributed by atoms with van der Waals surface area (Å²) < 4.78 is 29.3. The van der Waals surface area contributed by atoms with Crippen LogP contribution in [0, 0.1) is 0 Å². The molecule has 0 saturated heterocycles. The predicted molar refractivity (Wildman–Crippen MR) is 75.6 cm³/mol. The summed E-state index contributed by atoms with van der Waals surface area (Å²) in [6.07, 6.45) is 0.406. The number of aromatic hydroxyl groups is 1. The van der Waals surface area contributed by atoms with Crippen LogP contribution in [0.25, 0.3) is 11.1 Å². The maximum atomic E-state index is 12.4. The van der Waals surface area contributed by atoms with Crippen LogP contribution in [0.2, 0.25) is 10.0 Å². The number of aldehydes is 1. The Hall–Kier alpha value is -1.85. The van der Waals surface area contributed by atoms with Gasteiger partial charge in [-0.05, 0) is 30.3 Å². The summed E-state index contributed by atoms with van der Waals surface area (Å²) in [5.74, 6) is -0.584. The molecule has 0 aliphatic heterocycles. The summed E-state index contributed by atoms with van der Waals surface area (Å²) in [5, 5.41) is 10.4. The SMILES string of the molecule is O=Cc1cc(Cl)cc(-c2cc(Cl)ccc2OC(F)F)c1O. The lowest BCUT2D eigenvalue weighted by Crippen LogP contribution is -2.03. The van der Waals surface area contributed by atoms with E-state index in [0.29, 0.717) is 6.29 Å². The molecule has 1 N–H and O–H groups in total. The molecule has 0 bridgehead atoms. The lowest BCUT2D eigenvalue weighted by Gasteiger charge is -2.13. The van der Waals surface area contributed by atoms with Crippen LogP contribution >= 0.6 is 23.2 Å². The zero-order chi connectivity index (χ0) is 15.6. The van der Waals surface area contributed by atoms with Gasteiger partial charge < -0.3 is 9.84 Å². The van der Waals surface area contributed by atoms with Crippen molar-refractivity contribution >= 4 is 29.5 Å². The molecule has 2 rings (SSSR count). The standard InChI is InChI=1S/C14H8Cl2F2O3/c15-8-1-2-12(21-14(17)18)10(4-8)11-5-9(16)3-7(6-19)13(11)20/h1-6,14,20H. The van der Waals surface area contributed by atoms with Crippen molar-refractivity contribution in [2.45, 2.75) is 6.61 Å². The van der Waals surface area contributed by atoms with E-state index in [2.05, 4.69) is 4.74 Å². The third-order valence-electron chi connectivity index (χ3n) is 2.68. The van der Waals surface area contributed by atoms with Crippen LogP contribution in [0.5, 0.6) is 11.5 Å².